The summed E-state index contributed by atoms with van der Waals surface area (Å²) in [4.78, 5) is 19.1. The molecule has 1 N–H and O–H groups in total. The van der Waals surface area contributed by atoms with Crippen LogP contribution < -0.4 is 5.32 Å². The lowest BCUT2D eigenvalue weighted by molar-refractivity contribution is 0.0692. The molecule has 1 unspecified atom stereocenters. The summed E-state index contributed by atoms with van der Waals surface area (Å²) in [7, 11) is 0. The molecule has 1 atom stereocenters. The zero-order valence-electron chi connectivity index (χ0n) is 12.4. The topological polar surface area (TPSA) is 45.2 Å². The van der Waals surface area contributed by atoms with Crippen molar-refractivity contribution in [2.75, 3.05) is 19.6 Å². The van der Waals surface area contributed by atoms with E-state index in [0.717, 1.165) is 43.2 Å². The Balaban J connectivity index is 1.86. The highest BCUT2D eigenvalue weighted by molar-refractivity contribution is 6.05. The molecule has 0 aliphatic carbocycles. The maximum atomic E-state index is 12.8. The molecule has 110 valence electrons. The van der Waals surface area contributed by atoms with E-state index >= 15 is 0 Å². The van der Waals surface area contributed by atoms with Gasteiger partial charge in [-0.1, -0.05) is 31.2 Å². The predicted octanol–water partition coefficient (Wildman–Crippen LogP) is 2.45. The number of rotatable bonds is 3. The van der Waals surface area contributed by atoms with Gasteiger partial charge in [0.25, 0.3) is 5.91 Å². The van der Waals surface area contributed by atoms with Crippen molar-refractivity contribution in [2.45, 2.75) is 25.8 Å². The zero-order chi connectivity index (χ0) is 14.7. The molecule has 0 bridgehead atoms. The zero-order valence-corrected chi connectivity index (χ0v) is 12.4. The molecule has 2 heterocycles. The third-order valence-electron chi connectivity index (χ3n) is 4.08. The number of nitrogens with zero attached hydrogens (tertiary/aromatic N) is 2. The SMILES string of the molecule is CCNC1CCCN(C(=O)c2nccc3ccccc23)C1. The maximum Gasteiger partial charge on any atom is 0.273 e. The van der Waals surface area contributed by atoms with Gasteiger partial charge in [0.05, 0.1) is 0 Å². The molecule has 1 saturated heterocycles. The van der Waals surface area contributed by atoms with Crippen LogP contribution in [0.5, 0.6) is 0 Å². The number of carbonyl (C=O) groups excluding carboxylic acids is 1. The molecule has 3 rings (SSSR count). The molecule has 0 spiro atoms. The van der Waals surface area contributed by atoms with Crippen molar-refractivity contribution < 1.29 is 4.79 Å². The van der Waals surface area contributed by atoms with E-state index in [4.69, 9.17) is 0 Å². The van der Waals surface area contributed by atoms with Crippen LogP contribution in [0.4, 0.5) is 0 Å². The molecule has 4 heteroatoms. The Bertz CT molecular complexity index is 633. The first-order valence-electron chi connectivity index (χ1n) is 7.66. The lowest BCUT2D eigenvalue weighted by Crippen LogP contribution is -2.48. The van der Waals surface area contributed by atoms with Crippen molar-refractivity contribution in [2.24, 2.45) is 0 Å². The highest BCUT2D eigenvalue weighted by Crippen LogP contribution is 2.20. The number of aromatic nitrogens is 1. The number of carbonyl (C=O) groups is 1. The minimum absolute atomic E-state index is 0.0504. The van der Waals surface area contributed by atoms with Gasteiger partial charge in [0.1, 0.15) is 5.69 Å². The molecule has 2 aromatic rings. The Labute approximate surface area is 125 Å². The molecule has 0 saturated carbocycles. The van der Waals surface area contributed by atoms with Crippen LogP contribution in [-0.2, 0) is 0 Å². The Morgan fingerprint density at radius 3 is 3.10 bits per heavy atom. The maximum absolute atomic E-state index is 12.8. The first kappa shape index (κ1) is 14.0. The van der Waals surface area contributed by atoms with Crippen LogP contribution in [-0.4, -0.2) is 41.5 Å². The van der Waals surface area contributed by atoms with Crippen LogP contribution in [0.3, 0.4) is 0 Å². The van der Waals surface area contributed by atoms with Gasteiger partial charge < -0.3 is 10.2 Å². The molecular weight excluding hydrogens is 262 g/mol. The second-order valence-electron chi connectivity index (χ2n) is 5.53. The third kappa shape index (κ3) is 2.90. The van der Waals surface area contributed by atoms with Crippen molar-refractivity contribution >= 4 is 16.7 Å². The summed E-state index contributed by atoms with van der Waals surface area (Å²) in [6, 6.07) is 10.3. The lowest BCUT2D eigenvalue weighted by Gasteiger charge is -2.33. The van der Waals surface area contributed by atoms with Gasteiger partial charge >= 0.3 is 0 Å². The standard InChI is InChI=1S/C17H21N3O/c1-2-18-14-7-5-11-20(12-14)17(21)16-15-8-4-3-6-13(15)9-10-19-16/h3-4,6,8-10,14,18H,2,5,7,11-12H2,1H3. The fourth-order valence-electron chi connectivity index (χ4n) is 3.06. The van der Waals surface area contributed by atoms with Crippen LogP contribution in [0.1, 0.15) is 30.3 Å². The molecular formula is C17H21N3O. The number of hydrogen-bond acceptors (Lipinski definition) is 3. The number of piperidine rings is 1. The normalized spacial score (nSPS) is 18.9. The van der Waals surface area contributed by atoms with Gasteiger partial charge in [0.2, 0.25) is 0 Å². The highest BCUT2D eigenvalue weighted by Gasteiger charge is 2.25. The van der Waals surface area contributed by atoms with Crippen LogP contribution in [0.2, 0.25) is 0 Å². The molecule has 4 nitrogen and oxygen atoms in total. The van der Waals surface area contributed by atoms with Crippen LogP contribution >= 0.6 is 0 Å². The quantitative estimate of drug-likeness (QED) is 0.941. The van der Waals surface area contributed by atoms with Crippen LogP contribution in [0.15, 0.2) is 36.5 Å². The molecule has 21 heavy (non-hydrogen) atoms. The first-order chi connectivity index (χ1) is 10.3. The smallest absolute Gasteiger partial charge is 0.273 e. The average Bonchev–Trinajstić information content (AvgIpc) is 2.54. The summed E-state index contributed by atoms with van der Waals surface area (Å²) in [6.07, 6.45) is 3.91. The number of pyridine rings is 1. The van der Waals surface area contributed by atoms with E-state index in [9.17, 15) is 4.79 Å². The number of hydrogen-bond donors (Lipinski definition) is 1. The summed E-state index contributed by atoms with van der Waals surface area (Å²) in [5, 5.41) is 5.45. The fraction of sp³-hybridized carbons (Fsp3) is 0.412. The third-order valence-corrected chi connectivity index (χ3v) is 4.08. The van der Waals surface area contributed by atoms with Crippen LogP contribution in [0.25, 0.3) is 10.8 Å². The second kappa shape index (κ2) is 6.22. The first-order valence-corrected chi connectivity index (χ1v) is 7.66. The van der Waals surface area contributed by atoms with Gasteiger partial charge in [0.15, 0.2) is 0 Å². The fourth-order valence-corrected chi connectivity index (χ4v) is 3.06. The molecule has 1 aliphatic rings. The summed E-state index contributed by atoms with van der Waals surface area (Å²) < 4.78 is 0. The minimum Gasteiger partial charge on any atom is -0.336 e. The van der Waals surface area contributed by atoms with Crippen molar-refractivity contribution in [1.29, 1.82) is 0 Å². The Morgan fingerprint density at radius 1 is 1.38 bits per heavy atom. The van der Waals surface area contributed by atoms with Gasteiger partial charge in [-0.15, -0.1) is 0 Å². The van der Waals surface area contributed by atoms with Crippen molar-refractivity contribution in [1.82, 2.24) is 15.2 Å². The Hall–Kier alpha value is -1.94. The second-order valence-corrected chi connectivity index (χ2v) is 5.53. The molecule has 1 fully saturated rings. The van der Waals surface area contributed by atoms with Gasteiger partial charge in [-0.3, -0.25) is 9.78 Å². The monoisotopic (exact) mass is 283 g/mol. The average molecular weight is 283 g/mol. The highest BCUT2D eigenvalue weighted by atomic mass is 16.2. The van der Waals surface area contributed by atoms with Crippen LogP contribution in [0, 0.1) is 0 Å². The molecule has 1 aromatic heterocycles. The van der Waals surface area contributed by atoms with Gasteiger partial charge in [0, 0.05) is 30.7 Å². The van der Waals surface area contributed by atoms with Crippen molar-refractivity contribution in [3.8, 4) is 0 Å². The van der Waals surface area contributed by atoms with E-state index in [-0.39, 0.29) is 5.91 Å². The Kier molecular flexibility index (Phi) is 4.15. The van der Waals surface area contributed by atoms with E-state index in [0.29, 0.717) is 11.7 Å². The molecule has 0 radical (unpaired) electrons. The van der Waals surface area contributed by atoms with E-state index in [2.05, 4.69) is 17.2 Å². The number of likely N-dealkylation sites (N-methyl/N-ethyl adjacent to an activating group) is 1. The number of benzene rings is 1. The predicted molar refractivity (Wildman–Crippen MR) is 84.3 cm³/mol. The van der Waals surface area contributed by atoms with E-state index in [1.807, 2.05) is 35.2 Å². The summed E-state index contributed by atoms with van der Waals surface area (Å²) in [5.41, 5.74) is 0.574. The van der Waals surface area contributed by atoms with E-state index in [1.54, 1.807) is 6.20 Å². The van der Waals surface area contributed by atoms with Crippen molar-refractivity contribution in [3.05, 3.63) is 42.2 Å². The molecule has 1 aromatic carbocycles. The minimum atomic E-state index is 0.0504. The number of nitrogens with one attached hydrogen (secondary N) is 1. The number of amides is 1. The van der Waals surface area contributed by atoms with Gasteiger partial charge in [-0.05, 0) is 30.8 Å². The largest absolute Gasteiger partial charge is 0.336 e. The van der Waals surface area contributed by atoms with Gasteiger partial charge in [-0.2, -0.15) is 0 Å². The molecule has 1 amide bonds. The summed E-state index contributed by atoms with van der Waals surface area (Å²) in [5.74, 6) is 0.0504. The molecule has 1 aliphatic heterocycles. The summed E-state index contributed by atoms with van der Waals surface area (Å²) >= 11 is 0. The lowest BCUT2D eigenvalue weighted by atomic mass is 10.0. The Morgan fingerprint density at radius 2 is 2.24 bits per heavy atom. The number of fused-ring (bicyclic) bond motifs is 1. The van der Waals surface area contributed by atoms with E-state index < -0.39 is 0 Å². The van der Waals surface area contributed by atoms with Crippen molar-refractivity contribution in [3.63, 3.8) is 0 Å². The number of likely N-dealkylation sites (tertiary alicyclic amines) is 1. The summed E-state index contributed by atoms with van der Waals surface area (Å²) in [6.45, 7) is 4.65. The van der Waals surface area contributed by atoms with Gasteiger partial charge in [-0.25, -0.2) is 0 Å². The van der Waals surface area contributed by atoms with E-state index in [1.165, 1.54) is 0 Å².